The number of carbonyl (C=O) groups is 1. The summed E-state index contributed by atoms with van der Waals surface area (Å²) in [5.74, 6) is 0.170. The highest BCUT2D eigenvalue weighted by Gasteiger charge is 2.23. The van der Waals surface area contributed by atoms with Gasteiger partial charge in [-0.15, -0.1) is 22.7 Å². The molecule has 0 atom stereocenters. The van der Waals surface area contributed by atoms with Crippen molar-refractivity contribution in [2.45, 2.75) is 13.8 Å². The molecule has 0 saturated carbocycles. The molecule has 1 amide bonds. The van der Waals surface area contributed by atoms with Crippen LogP contribution < -0.4 is 0 Å². The van der Waals surface area contributed by atoms with Crippen LogP contribution in [0, 0.1) is 13.8 Å². The van der Waals surface area contributed by atoms with Crippen molar-refractivity contribution >= 4 is 38.0 Å². The van der Waals surface area contributed by atoms with Gasteiger partial charge in [0.25, 0.3) is 5.91 Å². The molecule has 1 saturated heterocycles. The number of ether oxygens (including phenoxy) is 1. The third kappa shape index (κ3) is 1.86. The highest BCUT2D eigenvalue weighted by atomic mass is 32.2. The molecule has 2 aromatic rings. The summed E-state index contributed by atoms with van der Waals surface area (Å²) in [6.07, 6.45) is 0. The van der Waals surface area contributed by atoms with Gasteiger partial charge in [-0.25, -0.2) is 0 Å². The maximum absolute atomic E-state index is 12.5. The Balaban J connectivity index is 1.98. The Morgan fingerprint density at radius 3 is 2.72 bits per heavy atom. The second-order valence-corrected chi connectivity index (χ2v) is 6.70. The van der Waals surface area contributed by atoms with Crippen LogP contribution in [-0.4, -0.2) is 37.1 Å². The summed E-state index contributed by atoms with van der Waals surface area (Å²) in [7, 11) is 0. The number of thiophene rings is 2. The molecule has 5 heteroatoms. The minimum Gasteiger partial charge on any atom is -0.378 e. The van der Waals surface area contributed by atoms with Crippen LogP contribution >= 0.6 is 22.7 Å². The number of fused-ring (bicyclic) bond motifs is 1. The van der Waals surface area contributed by atoms with Crippen molar-refractivity contribution in [2.75, 3.05) is 26.3 Å². The minimum absolute atomic E-state index is 0.170. The molecule has 3 rings (SSSR count). The molecule has 0 N–H and O–H groups in total. The second-order valence-electron chi connectivity index (χ2n) is 4.54. The Bertz CT molecular complexity index is 593. The summed E-state index contributed by atoms with van der Waals surface area (Å²) >= 11 is 3.37. The lowest BCUT2D eigenvalue weighted by molar-refractivity contribution is 0.0306. The minimum atomic E-state index is 0.170. The van der Waals surface area contributed by atoms with Crippen LogP contribution in [-0.2, 0) is 4.74 Å². The molecule has 1 aliphatic rings. The smallest absolute Gasteiger partial charge is 0.264 e. The fraction of sp³-hybridized carbons (Fsp3) is 0.462. The van der Waals surface area contributed by atoms with Gasteiger partial charge in [0.15, 0.2) is 0 Å². The van der Waals surface area contributed by atoms with Gasteiger partial charge in [-0.3, -0.25) is 4.79 Å². The van der Waals surface area contributed by atoms with E-state index in [1.807, 2.05) is 4.90 Å². The summed E-state index contributed by atoms with van der Waals surface area (Å²) in [5, 5.41) is 3.44. The average Bonchev–Trinajstić information content (AvgIpc) is 2.92. The Hall–Kier alpha value is -0.910. The lowest BCUT2D eigenvalue weighted by Gasteiger charge is -2.26. The Labute approximate surface area is 114 Å². The molecule has 0 spiro atoms. The molecule has 18 heavy (non-hydrogen) atoms. The summed E-state index contributed by atoms with van der Waals surface area (Å²) in [6, 6.07) is 0. The fourth-order valence-corrected chi connectivity index (χ4v) is 4.84. The normalized spacial score (nSPS) is 16.4. The number of hydrogen-bond acceptors (Lipinski definition) is 4. The van der Waals surface area contributed by atoms with Crippen molar-refractivity contribution in [3.63, 3.8) is 0 Å². The van der Waals surface area contributed by atoms with Gasteiger partial charge in [0.2, 0.25) is 0 Å². The van der Waals surface area contributed by atoms with E-state index < -0.39 is 0 Å². The molecule has 1 fully saturated rings. The van der Waals surface area contributed by atoms with Crippen molar-refractivity contribution in [2.24, 2.45) is 0 Å². The molecule has 3 nitrogen and oxygen atoms in total. The summed E-state index contributed by atoms with van der Waals surface area (Å²) in [5.41, 5.74) is 2.43. The number of morpholine rings is 1. The van der Waals surface area contributed by atoms with Crippen LogP contribution in [0.3, 0.4) is 0 Å². The lowest BCUT2D eigenvalue weighted by Crippen LogP contribution is -2.40. The van der Waals surface area contributed by atoms with Crippen LogP contribution in [0.1, 0.15) is 20.8 Å². The van der Waals surface area contributed by atoms with Gasteiger partial charge in [-0.1, -0.05) is 0 Å². The molecule has 96 valence electrons. The standard InChI is InChI=1S/C13H15NO2S2/c1-8-7-17-13-10(8)9(2)11(18-13)12(15)14-3-5-16-6-4-14/h7H,3-6H2,1-2H3. The number of carbonyl (C=O) groups excluding carboxylic acids is 1. The highest BCUT2D eigenvalue weighted by Crippen LogP contribution is 2.38. The van der Waals surface area contributed by atoms with Crippen LogP contribution in [0.2, 0.25) is 0 Å². The zero-order valence-electron chi connectivity index (χ0n) is 10.5. The first kappa shape index (κ1) is 12.1. The number of nitrogens with zero attached hydrogens (tertiary/aromatic N) is 1. The average molecular weight is 281 g/mol. The van der Waals surface area contributed by atoms with E-state index in [1.54, 1.807) is 22.7 Å². The number of rotatable bonds is 1. The number of amides is 1. The van der Waals surface area contributed by atoms with Crippen molar-refractivity contribution in [1.82, 2.24) is 4.90 Å². The van der Waals surface area contributed by atoms with E-state index in [0.29, 0.717) is 26.3 Å². The van der Waals surface area contributed by atoms with Gasteiger partial charge in [-0.05, 0) is 30.4 Å². The number of aryl methyl sites for hydroxylation is 2. The van der Waals surface area contributed by atoms with E-state index >= 15 is 0 Å². The molecule has 0 aliphatic carbocycles. The Kier molecular flexibility index (Phi) is 3.13. The molecule has 2 aromatic heterocycles. The van der Waals surface area contributed by atoms with Crippen molar-refractivity contribution < 1.29 is 9.53 Å². The third-order valence-electron chi connectivity index (χ3n) is 3.34. The van der Waals surface area contributed by atoms with Gasteiger partial charge in [0.1, 0.15) is 0 Å². The van der Waals surface area contributed by atoms with Gasteiger partial charge in [0.05, 0.1) is 22.1 Å². The Morgan fingerprint density at radius 2 is 2.06 bits per heavy atom. The van der Waals surface area contributed by atoms with Gasteiger partial charge >= 0.3 is 0 Å². The molecule has 0 bridgehead atoms. The fourth-order valence-electron chi connectivity index (χ4n) is 2.34. The monoisotopic (exact) mass is 281 g/mol. The predicted molar refractivity (Wildman–Crippen MR) is 75.9 cm³/mol. The van der Waals surface area contributed by atoms with E-state index in [0.717, 1.165) is 10.4 Å². The van der Waals surface area contributed by atoms with E-state index in [1.165, 1.54) is 15.0 Å². The third-order valence-corrected chi connectivity index (χ3v) is 5.85. The summed E-state index contributed by atoms with van der Waals surface area (Å²) < 4.78 is 6.56. The predicted octanol–water partition coefficient (Wildman–Crippen LogP) is 3.05. The van der Waals surface area contributed by atoms with Crippen LogP contribution in [0.15, 0.2) is 5.38 Å². The highest BCUT2D eigenvalue weighted by molar-refractivity contribution is 7.38. The van der Waals surface area contributed by atoms with Gasteiger partial charge in [0, 0.05) is 18.5 Å². The summed E-state index contributed by atoms with van der Waals surface area (Å²) in [6.45, 7) is 6.91. The second kappa shape index (κ2) is 4.64. The first-order valence-electron chi connectivity index (χ1n) is 6.02. The zero-order chi connectivity index (χ0) is 12.7. The molecule has 3 heterocycles. The molecule has 1 aliphatic heterocycles. The van der Waals surface area contributed by atoms with E-state index in [4.69, 9.17) is 4.74 Å². The van der Waals surface area contributed by atoms with E-state index in [9.17, 15) is 4.79 Å². The maximum atomic E-state index is 12.5. The topological polar surface area (TPSA) is 29.5 Å². The van der Waals surface area contributed by atoms with E-state index in [-0.39, 0.29) is 5.91 Å². The van der Waals surface area contributed by atoms with Crippen molar-refractivity contribution in [1.29, 1.82) is 0 Å². The van der Waals surface area contributed by atoms with Crippen LogP contribution in [0.4, 0.5) is 0 Å². The largest absolute Gasteiger partial charge is 0.378 e. The zero-order valence-corrected chi connectivity index (χ0v) is 12.1. The van der Waals surface area contributed by atoms with Crippen molar-refractivity contribution in [3.8, 4) is 0 Å². The first-order valence-corrected chi connectivity index (χ1v) is 7.72. The summed E-state index contributed by atoms with van der Waals surface area (Å²) in [4.78, 5) is 15.3. The molecule has 0 aromatic carbocycles. The molecular formula is C13H15NO2S2. The Morgan fingerprint density at radius 1 is 1.33 bits per heavy atom. The van der Waals surface area contributed by atoms with E-state index in [2.05, 4.69) is 19.2 Å². The molecule has 0 radical (unpaired) electrons. The molecular weight excluding hydrogens is 266 g/mol. The molecule has 0 unspecified atom stereocenters. The van der Waals surface area contributed by atoms with Crippen molar-refractivity contribution in [3.05, 3.63) is 21.4 Å². The maximum Gasteiger partial charge on any atom is 0.264 e. The van der Waals surface area contributed by atoms with Gasteiger partial charge in [-0.2, -0.15) is 0 Å². The quantitative estimate of drug-likeness (QED) is 0.804. The van der Waals surface area contributed by atoms with Gasteiger partial charge < -0.3 is 9.64 Å². The van der Waals surface area contributed by atoms with Crippen LogP contribution in [0.25, 0.3) is 9.40 Å². The van der Waals surface area contributed by atoms with Crippen LogP contribution in [0.5, 0.6) is 0 Å². The SMILES string of the molecule is Cc1csc2sc(C(=O)N3CCOCC3)c(C)c12. The first-order chi connectivity index (χ1) is 8.68. The number of hydrogen-bond donors (Lipinski definition) is 0. The lowest BCUT2D eigenvalue weighted by atomic mass is 10.1.